The highest BCUT2D eigenvalue weighted by Gasteiger charge is 2.71. The Kier molecular flexibility index (Phi) is 4.23. The topological polar surface area (TPSA) is 66.9 Å². The average Bonchev–Trinajstić information content (AvgIpc) is 3.39. The Labute approximate surface area is 171 Å². The first-order valence-electron chi connectivity index (χ1n) is 10.8. The number of carbonyl (C=O) groups is 3. The van der Waals surface area contributed by atoms with Crippen LogP contribution in [0.1, 0.15) is 48.5 Å². The Bertz CT molecular complexity index is 897. The highest BCUT2D eigenvalue weighted by Crippen LogP contribution is 2.66. The monoisotopic (exact) mass is 396 g/mol. The van der Waals surface area contributed by atoms with E-state index >= 15 is 0 Å². The van der Waals surface area contributed by atoms with Crippen LogP contribution >= 0.6 is 0 Å². The van der Waals surface area contributed by atoms with Crippen LogP contribution in [0, 0.1) is 24.7 Å². The molecule has 2 heterocycles. The van der Waals surface area contributed by atoms with Gasteiger partial charge < -0.3 is 14.5 Å². The number of carbonyl (C=O) groups excluding carboxylic acids is 3. The van der Waals surface area contributed by atoms with E-state index in [1.807, 2.05) is 34.9 Å². The Morgan fingerprint density at radius 1 is 1.14 bits per heavy atom. The van der Waals surface area contributed by atoms with Gasteiger partial charge in [-0.05, 0) is 44.2 Å². The minimum absolute atomic E-state index is 0.0348. The van der Waals surface area contributed by atoms with Crippen LogP contribution in [-0.2, 0) is 9.59 Å². The maximum absolute atomic E-state index is 13.3. The summed E-state index contributed by atoms with van der Waals surface area (Å²) in [6.45, 7) is 6.19. The van der Waals surface area contributed by atoms with Crippen LogP contribution in [0.15, 0.2) is 18.2 Å². The van der Waals surface area contributed by atoms with Crippen LogP contribution in [0.5, 0.6) is 5.75 Å². The van der Waals surface area contributed by atoms with Crippen LogP contribution < -0.4 is 4.74 Å². The summed E-state index contributed by atoms with van der Waals surface area (Å²) in [4.78, 5) is 41.6. The number of Topliss-reactive ketones (excluding diaryl/α,β-unsaturated/α-hetero) is 1. The lowest BCUT2D eigenvalue weighted by Gasteiger charge is -2.37. The zero-order valence-electron chi connectivity index (χ0n) is 17.1. The van der Waals surface area contributed by atoms with E-state index in [2.05, 4.69) is 0 Å². The van der Waals surface area contributed by atoms with Gasteiger partial charge in [-0.2, -0.15) is 0 Å². The summed E-state index contributed by atoms with van der Waals surface area (Å²) in [5.74, 6) is 1.51. The molecule has 154 valence electrons. The predicted molar refractivity (Wildman–Crippen MR) is 107 cm³/mol. The lowest BCUT2D eigenvalue weighted by molar-refractivity contribution is -0.135. The molecule has 2 aliphatic carbocycles. The highest BCUT2D eigenvalue weighted by molar-refractivity contribution is 6.01. The molecule has 29 heavy (non-hydrogen) atoms. The van der Waals surface area contributed by atoms with Gasteiger partial charge in [-0.1, -0.05) is 11.6 Å². The van der Waals surface area contributed by atoms with E-state index in [1.165, 1.54) is 0 Å². The second kappa shape index (κ2) is 6.57. The molecular formula is C23H28N2O4. The number of nitrogens with zero attached hydrogens (tertiary/aromatic N) is 2. The van der Waals surface area contributed by atoms with Crippen molar-refractivity contribution in [1.82, 2.24) is 9.80 Å². The molecule has 0 bridgehead atoms. The summed E-state index contributed by atoms with van der Waals surface area (Å²) in [5.41, 5.74) is 1.22. The minimum Gasteiger partial charge on any atom is -0.486 e. The molecule has 1 spiro atoms. The van der Waals surface area contributed by atoms with E-state index in [0.29, 0.717) is 49.8 Å². The van der Waals surface area contributed by atoms with Gasteiger partial charge >= 0.3 is 0 Å². The third-order valence-electron chi connectivity index (χ3n) is 7.42. The van der Waals surface area contributed by atoms with Gasteiger partial charge in [0, 0.05) is 44.9 Å². The van der Waals surface area contributed by atoms with Gasteiger partial charge in [-0.15, -0.1) is 0 Å². The van der Waals surface area contributed by atoms with Gasteiger partial charge in [-0.3, -0.25) is 14.4 Å². The standard InChI is InChI=1S/C23H28N2O4/c1-14-4-5-19-17(12-14)18(27)13-23(29-19)7-6-16-20(21(16)23)22(28)25-9-3-8-24(10-11-25)15(2)26/h4-5,12,16,20-21H,3,6-11,13H2,1-2H3/t16-,20-,21-,23+/m1/s1. The third kappa shape index (κ3) is 2.95. The lowest BCUT2D eigenvalue weighted by Crippen LogP contribution is -2.45. The number of ketones is 1. The summed E-state index contributed by atoms with van der Waals surface area (Å²) in [6, 6.07) is 5.79. The van der Waals surface area contributed by atoms with Crippen molar-refractivity contribution < 1.29 is 19.1 Å². The van der Waals surface area contributed by atoms with Crippen molar-refractivity contribution in [3.63, 3.8) is 0 Å². The van der Waals surface area contributed by atoms with Crippen molar-refractivity contribution in [3.05, 3.63) is 29.3 Å². The first-order chi connectivity index (χ1) is 13.9. The number of rotatable bonds is 1. The Morgan fingerprint density at radius 3 is 2.69 bits per heavy atom. The first kappa shape index (κ1) is 18.6. The number of fused-ring (bicyclic) bond motifs is 3. The molecule has 1 aromatic carbocycles. The number of benzene rings is 1. The number of hydrogen-bond donors (Lipinski definition) is 0. The summed E-state index contributed by atoms with van der Waals surface area (Å²) >= 11 is 0. The smallest absolute Gasteiger partial charge is 0.226 e. The Morgan fingerprint density at radius 2 is 1.90 bits per heavy atom. The van der Waals surface area contributed by atoms with Gasteiger partial charge in [0.15, 0.2) is 5.78 Å². The fraction of sp³-hybridized carbons (Fsp3) is 0.609. The largest absolute Gasteiger partial charge is 0.486 e. The second-order valence-corrected chi connectivity index (χ2v) is 9.21. The SMILES string of the molecule is CC(=O)N1CCCN(C(=O)[C@@H]2[C@H]3CC[C@]4(CC(=O)c5cc(C)ccc5O4)[C@H]32)CC1. The van der Waals surface area contributed by atoms with Crippen LogP contribution in [0.3, 0.4) is 0 Å². The number of aryl methyl sites for hydroxylation is 1. The molecule has 4 atom stereocenters. The quantitative estimate of drug-likeness (QED) is 0.731. The molecule has 0 radical (unpaired) electrons. The molecule has 0 N–H and O–H groups in total. The zero-order chi connectivity index (χ0) is 20.3. The Balaban J connectivity index is 1.32. The molecule has 6 heteroatoms. The Hall–Kier alpha value is -2.37. The molecule has 2 amide bonds. The first-order valence-corrected chi connectivity index (χ1v) is 10.8. The highest BCUT2D eigenvalue weighted by atomic mass is 16.5. The maximum Gasteiger partial charge on any atom is 0.226 e. The van der Waals surface area contributed by atoms with Crippen molar-refractivity contribution in [1.29, 1.82) is 0 Å². The molecule has 0 aromatic heterocycles. The molecule has 4 aliphatic rings. The molecule has 3 fully saturated rings. The number of ether oxygens (including phenoxy) is 1. The van der Waals surface area contributed by atoms with Crippen molar-refractivity contribution in [2.75, 3.05) is 26.2 Å². The summed E-state index contributed by atoms with van der Waals surface area (Å²) in [6.07, 6.45) is 3.00. The molecular weight excluding hydrogens is 368 g/mol. The minimum atomic E-state index is -0.512. The molecule has 0 unspecified atom stereocenters. The van der Waals surface area contributed by atoms with E-state index in [0.717, 1.165) is 24.8 Å². The second-order valence-electron chi connectivity index (χ2n) is 9.21. The maximum atomic E-state index is 13.3. The number of amides is 2. The van der Waals surface area contributed by atoms with Crippen LogP contribution in [0.2, 0.25) is 0 Å². The third-order valence-corrected chi connectivity index (χ3v) is 7.42. The number of hydrogen-bond acceptors (Lipinski definition) is 4. The lowest BCUT2D eigenvalue weighted by atomic mass is 9.84. The van der Waals surface area contributed by atoms with Crippen molar-refractivity contribution in [2.45, 2.75) is 45.1 Å². The van der Waals surface area contributed by atoms with Gasteiger partial charge in [-0.25, -0.2) is 0 Å². The van der Waals surface area contributed by atoms with Crippen LogP contribution in [-0.4, -0.2) is 59.2 Å². The van der Waals surface area contributed by atoms with E-state index in [1.54, 1.807) is 6.92 Å². The summed E-state index contributed by atoms with van der Waals surface area (Å²) in [7, 11) is 0. The van der Waals surface area contributed by atoms with Gasteiger partial charge in [0.2, 0.25) is 11.8 Å². The average molecular weight is 396 g/mol. The fourth-order valence-corrected chi connectivity index (χ4v) is 5.93. The van der Waals surface area contributed by atoms with E-state index in [9.17, 15) is 14.4 Å². The summed E-state index contributed by atoms with van der Waals surface area (Å²) in [5, 5.41) is 0. The molecule has 2 aliphatic heterocycles. The van der Waals surface area contributed by atoms with Crippen molar-refractivity contribution in [2.24, 2.45) is 17.8 Å². The fourth-order valence-electron chi connectivity index (χ4n) is 5.93. The van der Waals surface area contributed by atoms with E-state index < -0.39 is 5.60 Å². The molecule has 2 saturated carbocycles. The molecule has 1 aromatic rings. The van der Waals surface area contributed by atoms with E-state index in [4.69, 9.17) is 4.74 Å². The van der Waals surface area contributed by atoms with Crippen molar-refractivity contribution in [3.8, 4) is 5.75 Å². The van der Waals surface area contributed by atoms with Crippen LogP contribution in [0.25, 0.3) is 0 Å². The van der Waals surface area contributed by atoms with Gasteiger partial charge in [0.1, 0.15) is 11.4 Å². The predicted octanol–water partition coefficient (Wildman–Crippen LogP) is 2.44. The molecule has 1 saturated heterocycles. The normalized spacial score (nSPS) is 33.0. The molecule has 6 nitrogen and oxygen atoms in total. The van der Waals surface area contributed by atoms with E-state index in [-0.39, 0.29) is 29.4 Å². The van der Waals surface area contributed by atoms with Crippen molar-refractivity contribution >= 4 is 17.6 Å². The zero-order valence-corrected chi connectivity index (χ0v) is 17.1. The summed E-state index contributed by atoms with van der Waals surface area (Å²) < 4.78 is 6.46. The molecule has 5 rings (SSSR count). The van der Waals surface area contributed by atoms with Crippen LogP contribution in [0.4, 0.5) is 0 Å². The van der Waals surface area contributed by atoms with Gasteiger partial charge in [0.25, 0.3) is 0 Å². The van der Waals surface area contributed by atoms with Gasteiger partial charge in [0.05, 0.1) is 12.0 Å².